The molecule has 19 heavy (non-hydrogen) atoms. The number of hydrogen-bond donors (Lipinski definition) is 1. The number of rotatable bonds is 4. The Hall–Kier alpha value is -1.52. The van der Waals surface area contributed by atoms with E-state index in [1.165, 1.54) is 12.1 Å². The van der Waals surface area contributed by atoms with Gasteiger partial charge >= 0.3 is 0 Å². The summed E-state index contributed by atoms with van der Waals surface area (Å²) < 4.78 is 18.4. The summed E-state index contributed by atoms with van der Waals surface area (Å²) in [5.41, 5.74) is 6.70. The second-order valence-electron chi connectivity index (χ2n) is 4.25. The van der Waals surface area contributed by atoms with Crippen molar-refractivity contribution in [1.29, 1.82) is 0 Å². The molecule has 0 unspecified atom stereocenters. The van der Waals surface area contributed by atoms with Crippen molar-refractivity contribution in [3.05, 3.63) is 53.8 Å². The van der Waals surface area contributed by atoms with Crippen LogP contribution >= 0.6 is 11.8 Å². The summed E-state index contributed by atoms with van der Waals surface area (Å²) in [6.07, 6.45) is 0. The van der Waals surface area contributed by atoms with Gasteiger partial charge in [0.1, 0.15) is 11.6 Å². The topological polar surface area (TPSA) is 35.2 Å². The first kappa shape index (κ1) is 13.9. The highest BCUT2D eigenvalue weighted by atomic mass is 32.2. The van der Waals surface area contributed by atoms with Gasteiger partial charge < -0.3 is 10.5 Å². The van der Waals surface area contributed by atoms with Gasteiger partial charge in [-0.2, -0.15) is 0 Å². The lowest BCUT2D eigenvalue weighted by Crippen LogP contribution is -2.06. The van der Waals surface area contributed by atoms with Gasteiger partial charge in [-0.3, -0.25) is 0 Å². The minimum atomic E-state index is -0.258. The van der Waals surface area contributed by atoms with Crippen LogP contribution in [0.25, 0.3) is 0 Å². The van der Waals surface area contributed by atoms with Gasteiger partial charge in [-0.15, -0.1) is 0 Å². The zero-order chi connectivity index (χ0) is 13.8. The summed E-state index contributed by atoms with van der Waals surface area (Å²) in [7, 11) is 1.64. The fourth-order valence-corrected chi connectivity index (χ4v) is 2.76. The monoisotopic (exact) mass is 277 g/mol. The van der Waals surface area contributed by atoms with Crippen LogP contribution in [0, 0.1) is 5.82 Å². The van der Waals surface area contributed by atoms with E-state index in [2.05, 4.69) is 0 Å². The fraction of sp³-hybridized carbons (Fsp3) is 0.200. The average molecular weight is 277 g/mol. The normalized spacial score (nSPS) is 12.2. The van der Waals surface area contributed by atoms with E-state index in [0.29, 0.717) is 0 Å². The lowest BCUT2D eigenvalue weighted by atomic mass is 10.1. The van der Waals surface area contributed by atoms with E-state index in [4.69, 9.17) is 10.5 Å². The van der Waals surface area contributed by atoms with E-state index in [-0.39, 0.29) is 11.9 Å². The molecular weight excluding hydrogens is 261 g/mol. The SMILES string of the molecule is COc1ccc(Sc2ccc(F)cc2[C@@H](C)N)cc1. The second-order valence-corrected chi connectivity index (χ2v) is 5.36. The van der Waals surface area contributed by atoms with Crippen molar-refractivity contribution in [2.75, 3.05) is 7.11 Å². The van der Waals surface area contributed by atoms with E-state index < -0.39 is 0 Å². The van der Waals surface area contributed by atoms with Crippen LogP contribution in [0.1, 0.15) is 18.5 Å². The zero-order valence-corrected chi connectivity index (χ0v) is 11.7. The first-order chi connectivity index (χ1) is 9.10. The molecule has 4 heteroatoms. The Morgan fingerprint density at radius 2 is 1.84 bits per heavy atom. The second kappa shape index (κ2) is 6.08. The molecule has 0 heterocycles. The third-order valence-electron chi connectivity index (χ3n) is 2.75. The summed E-state index contributed by atoms with van der Waals surface area (Å²) in [4.78, 5) is 2.04. The third-order valence-corrected chi connectivity index (χ3v) is 3.85. The summed E-state index contributed by atoms with van der Waals surface area (Å²) >= 11 is 1.57. The highest BCUT2D eigenvalue weighted by Gasteiger charge is 2.09. The molecule has 0 spiro atoms. The van der Waals surface area contributed by atoms with Crippen LogP contribution in [0.3, 0.4) is 0 Å². The van der Waals surface area contributed by atoms with Crippen molar-refractivity contribution in [2.45, 2.75) is 22.8 Å². The van der Waals surface area contributed by atoms with E-state index in [1.54, 1.807) is 24.9 Å². The summed E-state index contributed by atoms with van der Waals surface area (Å²) in [5, 5.41) is 0. The standard InChI is InChI=1S/C15H16FNOS/c1-10(17)14-9-11(16)3-8-15(14)19-13-6-4-12(18-2)5-7-13/h3-10H,17H2,1-2H3/t10-/m1/s1. The summed E-state index contributed by atoms with van der Waals surface area (Å²) in [6, 6.07) is 12.3. The highest BCUT2D eigenvalue weighted by molar-refractivity contribution is 7.99. The van der Waals surface area contributed by atoms with Crippen LogP contribution in [0.5, 0.6) is 5.75 Å². The van der Waals surface area contributed by atoms with Crippen molar-refractivity contribution in [1.82, 2.24) is 0 Å². The van der Waals surface area contributed by atoms with Gasteiger partial charge in [0, 0.05) is 15.8 Å². The van der Waals surface area contributed by atoms with E-state index >= 15 is 0 Å². The minimum absolute atomic E-state index is 0.198. The Morgan fingerprint density at radius 3 is 2.42 bits per heavy atom. The number of halogens is 1. The molecule has 0 saturated carbocycles. The summed E-state index contributed by atoms with van der Waals surface area (Å²) in [5.74, 6) is 0.558. The van der Waals surface area contributed by atoms with E-state index in [9.17, 15) is 4.39 Å². The van der Waals surface area contributed by atoms with Crippen LogP contribution in [0.4, 0.5) is 4.39 Å². The van der Waals surface area contributed by atoms with Gasteiger partial charge in [0.05, 0.1) is 7.11 Å². The van der Waals surface area contributed by atoms with Crippen molar-refractivity contribution in [3.63, 3.8) is 0 Å². The Bertz CT molecular complexity index is 555. The Morgan fingerprint density at radius 1 is 1.16 bits per heavy atom. The van der Waals surface area contributed by atoms with Gasteiger partial charge in [-0.1, -0.05) is 11.8 Å². The van der Waals surface area contributed by atoms with Gasteiger partial charge in [0.2, 0.25) is 0 Å². The van der Waals surface area contributed by atoms with Gasteiger partial charge in [-0.05, 0) is 55.0 Å². The molecule has 0 fully saturated rings. The maximum absolute atomic E-state index is 13.3. The first-order valence-corrected chi connectivity index (χ1v) is 6.78. The maximum Gasteiger partial charge on any atom is 0.123 e. The van der Waals surface area contributed by atoms with Crippen LogP contribution in [0.2, 0.25) is 0 Å². The van der Waals surface area contributed by atoms with Crippen molar-refractivity contribution in [2.24, 2.45) is 5.73 Å². The lowest BCUT2D eigenvalue weighted by molar-refractivity contribution is 0.414. The molecule has 2 N–H and O–H groups in total. The smallest absolute Gasteiger partial charge is 0.123 e. The molecule has 0 aliphatic carbocycles. The van der Waals surface area contributed by atoms with Crippen molar-refractivity contribution >= 4 is 11.8 Å². The molecule has 2 rings (SSSR count). The predicted octanol–water partition coefficient (Wildman–Crippen LogP) is 4.01. The minimum Gasteiger partial charge on any atom is -0.497 e. The number of ether oxygens (including phenoxy) is 1. The summed E-state index contributed by atoms with van der Waals surface area (Å²) in [6.45, 7) is 1.85. The molecule has 2 aromatic carbocycles. The Kier molecular flexibility index (Phi) is 4.45. The average Bonchev–Trinajstić information content (AvgIpc) is 2.41. The molecular formula is C15H16FNOS. The quantitative estimate of drug-likeness (QED) is 0.917. The number of hydrogen-bond acceptors (Lipinski definition) is 3. The maximum atomic E-state index is 13.3. The number of methoxy groups -OCH3 is 1. The van der Waals surface area contributed by atoms with Crippen LogP contribution < -0.4 is 10.5 Å². The molecule has 100 valence electrons. The molecule has 0 aromatic heterocycles. The first-order valence-electron chi connectivity index (χ1n) is 5.97. The molecule has 2 nitrogen and oxygen atoms in total. The van der Waals surface area contributed by atoms with Crippen molar-refractivity contribution in [3.8, 4) is 5.75 Å². The molecule has 0 radical (unpaired) electrons. The van der Waals surface area contributed by atoms with E-state index in [1.807, 2.05) is 31.2 Å². The molecule has 0 amide bonds. The predicted molar refractivity (Wildman–Crippen MR) is 76.1 cm³/mol. The molecule has 1 atom stereocenters. The van der Waals surface area contributed by atoms with Crippen LogP contribution in [-0.2, 0) is 0 Å². The largest absolute Gasteiger partial charge is 0.497 e. The Balaban J connectivity index is 2.26. The number of benzene rings is 2. The molecule has 2 aromatic rings. The lowest BCUT2D eigenvalue weighted by Gasteiger charge is -2.12. The zero-order valence-electron chi connectivity index (χ0n) is 10.9. The van der Waals surface area contributed by atoms with Gasteiger partial charge in [0.25, 0.3) is 0 Å². The number of nitrogens with two attached hydrogens (primary N) is 1. The molecule has 0 bridgehead atoms. The fourth-order valence-electron chi connectivity index (χ4n) is 1.74. The van der Waals surface area contributed by atoms with Crippen LogP contribution in [0.15, 0.2) is 52.3 Å². The molecule has 0 saturated heterocycles. The Labute approximate surface area is 116 Å². The highest BCUT2D eigenvalue weighted by Crippen LogP contribution is 2.33. The third kappa shape index (κ3) is 3.49. The van der Waals surface area contributed by atoms with E-state index in [0.717, 1.165) is 21.1 Å². The van der Waals surface area contributed by atoms with Crippen molar-refractivity contribution < 1.29 is 9.13 Å². The van der Waals surface area contributed by atoms with Gasteiger partial charge in [0.15, 0.2) is 0 Å². The van der Waals surface area contributed by atoms with Crippen LogP contribution in [-0.4, -0.2) is 7.11 Å². The molecule has 0 aliphatic rings. The van der Waals surface area contributed by atoms with Gasteiger partial charge in [-0.25, -0.2) is 4.39 Å². The molecule has 0 aliphatic heterocycles.